The SMILES string of the molecule is C=C(C(=O)OCC)[C@H](Nc1cc(OC)c(OC)c(OC)c1)c1ccc(OC)c(O[Si](C)(C)C(C)(C)C)c1. The molecule has 0 aliphatic rings. The predicted molar refractivity (Wildman–Crippen MR) is 149 cm³/mol. The number of rotatable bonds is 12. The summed E-state index contributed by atoms with van der Waals surface area (Å²) in [6.07, 6.45) is 0. The largest absolute Gasteiger partial charge is 0.541 e. The lowest BCUT2D eigenvalue weighted by atomic mass is 9.98. The maximum atomic E-state index is 12.8. The number of carbonyl (C=O) groups is 1. The van der Waals surface area contributed by atoms with Crippen molar-refractivity contribution < 1.29 is 32.9 Å². The van der Waals surface area contributed by atoms with Gasteiger partial charge in [0.05, 0.1) is 46.7 Å². The van der Waals surface area contributed by atoms with Crippen molar-refractivity contribution in [1.82, 2.24) is 0 Å². The molecular formula is C28H41NO7Si. The van der Waals surface area contributed by atoms with E-state index in [9.17, 15) is 4.79 Å². The minimum atomic E-state index is -2.18. The Morgan fingerprint density at radius 2 is 1.49 bits per heavy atom. The van der Waals surface area contributed by atoms with Crippen molar-refractivity contribution in [3.8, 4) is 28.7 Å². The van der Waals surface area contributed by atoms with Crippen LogP contribution in [0.5, 0.6) is 28.7 Å². The molecule has 0 aliphatic heterocycles. The second-order valence-electron chi connectivity index (χ2n) is 10.0. The fourth-order valence-electron chi connectivity index (χ4n) is 3.42. The van der Waals surface area contributed by atoms with E-state index in [4.69, 9.17) is 28.1 Å². The third-order valence-corrected chi connectivity index (χ3v) is 10.9. The number of esters is 1. The predicted octanol–water partition coefficient (Wildman–Crippen LogP) is 6.38. The quantitative estimate of drug-likeness (QED) is 0.192. The van der Waals surface area contributed by atoms with Gasteiger partial charge in [0.1, 0.15) is 5.75 Å². The summed E-state index contributed by atoms with van der Waals surface area (Å²) in [6, 6.07) is 8.48. The van der Waals surface area contributed by atoms with E-state index in [1.165, 1.54) is 0 Å². The first-order valence-corrected chi connectivity index (χ1v) is 15.0. The number of carbonyl (C=O) groups excluding carboxylic acids is 1. The molecule has 0 aliphatic carbocycles. The topological polar surface area (TPSA) is 84.5 Å². The van der Waals surface area contributed by atoms with Crippen molar-refractivity contribution in [3.63, 3.8) is 0 Å². The number of ether oxygens (including phenoxy) is 5. The summed E-state index contributed by atoms with van der Waals surface area (Å²) in [7, 11) is 4.06. The molecule has 0 bridgehead atoms. The van der Waals surface area contributed by atoms with Crippen molar-refractivity contribution in [3.05, 3.63) is 48.0 Å². The van der Waals surface area contributed by atoms with Gasteiger partial charge in [-0.25, -0.2) is 4.79 Å². The van der Waals surface area contributed by atoms with Crippen LogP contribution in [0.1, 0.15) is 39.3 Å². The van der Waals surface area contributed by atoms with Gasteiger partial charge in [-0.2, -0.15) is 0 Å². The van der Waals surface area contributed by atoms with Gasteiger partial charge in [0.15, 0.2) is 17.2 Å². The van der Waals surface area contributed by atoms with Gasteiger partial charge >= 0.3 is 5.97 Å². The van der Waals surface area contributed by atoms with Gasteiger partial charge in [0, 0.05) is 17.8 Å². The average Bonchev–Trinajstić information content (AvgIpc) is 2.85. The molecule has 1 N–H and O–H groups in total. The zero-order valence-corrected chi connectivity index (χ0v) is 24.7. The lowest BCUT2D eigenvalue weighted by Gasteiger charge is -2.37. The molecule has 0 radical (unpaired) electrons. The van der Waals surface area contributed by atoms with E-state index in [0.29, 0.717) is 34.4 Å². The summed E-state index contributed by atoms with van der Waals surface area (Å²) in [5.41, 5.74) is 1.62. The Balaban J connectivity index is 2.63. The average molecular weight is 532 g/mol. The van der Waals surface area contributed by atoms with E-state index >= 15 is 0 Å². The standard InChI is InChI=1S/C28H41NO7Si/c1-12-35-27(30)18(2)25(29-20-16-23(32-7)26(34-9)24(17-20)33-8)19-13-14-21(31-6)22(15-19)36-37(10,11)28(3,4)5/h13-17,25,29H,2,12H2,1,3-11H3/t25-/m0/s1. The minimum absolute atomic E-state index is 0.0175. The highest BCUT2D eigenvalue weighted by atomic mass is 28.4. The fraction of sp³-hybridized carbons (Fsp3) is 0.464. The van der Waals surface area contributed by atoms with Gasteiger partial charge in [0.25, 0.3) is 8.32 Å². The minimum Gasteiger partial charge on any atom is -0.541 e. The molecule has 8 nitrogen and oxygen atoms in total. The molecule has 0 aromatic heterocycles. The molecule has 0 heterocycles. The molecule has 37 heavy (non-hydrogen) atoms. The third kappa shape index (κ3) is 6.91. The third-order valence-electron chi connectivity index (χ3n) is 6.55. The number of hydrogen-bond donors (Lipinski definition) is 1. The van der Waals surface area contributed by atoms with E-state index in [1.54, 1.807) is 47.5 Å². The summed E-state index contributed by atoms with van der Waals surface area (Å²) in [6.45, 7) is 16.9. The van der Waals surface area contributed by atoms with Crippen LogP contribution in [0.4, 0.5) is 5.69 Å². The lowest BCUT2D eigenvalue weighted by molar-refractivity contribution is -0.138. The van der Waals surface area contributed by atoms with Crippen LogP contribution in [0.15, 0.2) is 42.5 Å². The molecule has 9 heteroatoms. The van der Waals surface area contributed by atoms with Gasteiger partial charge in [-0.3, -0.25) is 0 Å². The van der Waals surface area contributed by atoms with Gasteiger partial charge in [-0.15, -0.1) is 0 Å². The molecule has 2 aromatic carbocycles. The monoisotopic (exact) mass is 531 g/mol. The summed E-state index contributed by atoms with van der Waals surface area (Å²) in [5.74, 6) is 2.13. The molecular weight excluding hydrogens is 490 g/mol. The van der Waals surface area contributed by atoms with Crippen LogP contribution in [0.3, 0.4) is 0 Å². The molecule has 0 fully saturated rings. The Hall–Kier alpha value is -3.33. The Bertz CT molecular complexity index is 1080. The zero-order chi connectivity index (χ0) is 28.0. The molecule has 0 saturated heterocycles. The second kappa shape index (κ2) is 12.3. The Kier molecular flexibility index (Phi) is 9.91. The Morgan fingerprint density at radius 3 is 1.95 bits per heavy atom. The first kappa shape index (κ1) is 29.9. The van der Waals surface area contributed by atoms with E-state index in [1.807, 2.05) is 18.2 Å². The van der Waals surface area contributed by atoms with Crippen LogP contribution in [-0.2, 0) is 9.53 Å². The van der Waals surface area contributed by atoms with E-state index in [2.05, 4.69) is 45.8 Å². The zero-order valence-electron chi connectivity index (χ0n) is 23.7. The summed E-state index contributed by atoms with van der Waals surface area (Å²) >= 11 is 0. The van der Waals surface area contributed by atoms with Crippen LogP contribution >= 0.6 is 0 Å². The molecule has 2 aromatic rings. The number of nitrogens with one attached hydrogen (secondary N) is 1. The molecule has 204 valence electrons. The van der Waals surface area contributed by atoms with Crippen LogP contribution in [0, 0.1) is 0 Å². The fourth-order valence-corrected chi connectivity index (χ4v) is 4.44. The van der Waals surface area contributed by atoms with Crippen LogP contribution in [0.25, 0.3) is 0 Å². The van der Waals surface area contributed by atoms with E-state index in [0.717, 1.165) is 5.56 Å². The smallest absolute Gasteiger partial charge is 0.335 e. The summed E-state index contributed by atoms with van der Waals surface area (Å²) < 4.78 is 33.9. The van der Waals surface area contributed by atoms with Crippen LogP contribution < -0.4 is 28.7 Å². The number of benzene rings is 2. The van der Waals surface area contributed by atoms with Gasteiger partial charge in [-0.05, 0) is 42.8 Å². The Morgan fingerprint density at radius 1 is 0.919 bits per heavy atom. The van der Waals surface area contributed by atoms with Crippen molar-refractivity contribution in [2.45, 2.75) is 51.9 Å². The van der Waals surface area contributed by atoms with E-state index in [-0.39, 0.29) is 17.2 Å². The van der Waals surface area contributed by atoms with E-state index < -0.39 is 20.3 Å². The Labute approximate surface area is 222 Å². The molecule has 0 saturated carbocycles. The maximum absolute atomic E-state index is 12.8. The van der Waals surface area contributed by atoms with Crippen LogP contribution in [0.2, 0.25) is 18.1 Å². The number of anilines is 1. The van der Waals surface area contributed by atoms with Gasteiger partial charge in [0.2, 0.25) is 5.75 Å². The molecule has 0 spiro atoms. The summed E-state index contributed by atoms with van der Waals surface area (Å²) in [5, 5.41) is 3.37. The highest BCUT2D eigenvalue weighted by molar-refractivity contribution is 6.74. The number of methoxy groups -OCH3 is 4. The molecule has 0 unspecified atom stereocenters. The van der Waals surface area contributed by atoms with Crippen molar-refractivity contribution in [2.75, 3.05) is 40.4 Å². The lowest BCUT2D eigenvalue weighted by Crippen LogP contribution is -2.44. The normalized spacial score (nSPS) is 12.3. The molecule has 0 amide bonds. The number of hydrogen-bond acceptors (Lipinski definition) is 8. The van der Waals surface area contributed by atoms with Crippen molar-refractivity contribution in [2.24, 2.45) is 0 Å². The highest BCUT2D eigenvalue weighted by Crippen LogP contribution is 2.43. The van der Waals surface area contributed by atoms with Gasteiger partial charge in [-0.1, -0.05) is 33.4 Å². The van der Waals surface area contributed by atoms with Crippen LogP contribution in [-0.4, -0.2) is 49.3 Å². The van der Waals surface area contributed by atoms with Crippen molar-refractivity contribution in [1.29, 1.82) is 0 Å². The maximum Gasteiger partial charge on any atom is 0.335 e. The first-order valence-electron chi connectivity index (χ1n) is 12.1. The summed E-state index contributed by atoms with van der Waals surface area (Å²) in [4.78, 5) is 12.8. The first-order chi connectivity index (χ1) is 17.3. The molecule has 1 atom stereocenters. The van der Waals surface area contributed by atoms with Gasteiger partial charge < -0.3 is 33.4 Å². The van der Waals surface area contributed by atoms with Crippen molar-refractivity contribution >= 4 is 20.0 Å². The highest BCUT2D eigenvalue weighted by Gasteiger charge is 2.39. The molecule has 2 rings (SSSR count). The second-order valence-corrected chi connectivity index (χ2v) is 14.7.